The number of fused-ring (bicyclic) bond motifs is 1. The van der Waals surface area contributed by atoms with E-state index < -0.39 is 5.82 Å². The summed E-state index contributed by atoms with van der Waals surface area (Å²) in [6, 6.07) is 7.68. The van der Waals surface area contributed by atoms with Crippen molar-refractivity contribution in [2.24, 2.45) is 0 Å². The number of carbonyl (C=O) groups is 1. The SMILES string of the molecule is CCOCCOc1cc2ncnc(Nc3ccc(F)c(Cl)c3)c2cc1NC(=O)/C=C\Br. The number of carbonyl (C=O) groups excluding carboxylic acids is 1. The van der Waals surface area contributed by atoms with Gasteiger partial charge in [0.15, 0.2) is 0 Å². The van der Waals surface area contributed by atoms with Crippen LogP contribution in [0.5, 0.6) is 5.75 Å². The second-order valence-corrected chi connectivity index (χ2v) is 7.10. The van der Waals surface area contributed by atoms with Crippen molar-refractivity contribution in [3.05, 3.63) is 58.6 Å². The Balaban J connectivity index is 1.98. The van der Waals surface area contributed by atoms with Gasteiger partial charge in [-0.05, 0) is 36.2 Å². The van der Waals surface area contributed by atoms with Gasteiger partial charge in [0.2, 0.25) is 5.91 Å². The molecular formula is C21H19BrClFN4O3. The number of rotatable bonds is 9. The molecular weight excluding hydrogens is 491 g/mol. The molecule has 0 bridgehead atoms. The van der Waals surface area contributed by atoms with Crippen LogP contribution in [0, 0.1) is 5.82 Å². The molecule has 2 N–H and O–H groups in total. The standard InChI is InChI=1S/C21H19BrClFN4O3/c1-2-30-7-8-31-19-11-17-14(10-18(19)28-20(29)5-6-22)21(26-12-25-17)27-13-3-4-16(24)15(23)9-13/h3-6,9-12H,2,7-8H2,1H3,(H,28,29)(H,25,26,27)/b6-5-. The second kappa shape index (κ2) is 11.0. The van der Waals surface area contributed by atoms with E-state index in [0.29, 0.717) is 53.7 Å². The fourth-order valence-electron chi connectivity index (χ4n) is 2.70. The summed E-state index contributed by atoms with van der Waals surface area (Å²) in [4.78, 5) is 22.1. The minimum Gasteiger partial charge on any atom is -0.489 e. The summed E-state index contributed by atoms with van der Waals surface area (Å²) in [5.41, 5.74) is 1.58. The molecule has 162 valence electrons. The van der Waals surface area contributed by atoms with E-state index in [1.807, 2.05) is 6.92 Å². The number of hydrogen-bond donors (Lipinski definition) is 2. The van der Waals surface area contributed by atoms with Gasteiger partial charge in [-0.3, -0.25) is 4.79 Å². The lowest BCUT2D eigenvalue weighted by Crippen LogP contribution is -2.12. The molecule has 0 aliphatic carbocycles. The van der Waals surface area contributed by atoms with Crippen LogP contribution in [0.1, 0.15) is 6.92 Å². The summed E-state index contributed by atoms with van der Waals surface area (Å²) in [6.45, 7) is 3.19. The topological polar surface area (TPSA) is 85.4 Å². The lowest BCUT2D eigenvalue weighted by atomic mass is 10.1. The first-order chi connectivity index (χ1) is 15.0. The van der Waals surface area contributed by atoms with E-state index in [1.165, 1.54) is 29.5 Å². The second-order valence-electron chi connectivity index (χ2n) is 6.17. The van der Waals surface area contributed by atoms with E-state index in [4.69, 9.17) is 21.1 Å². The number of hydrogen-bond acceptors (Lipinski definition) is 6. The van der Waals surface area contributed by atoms with E-state index in [9.17, 15) is 9.18 Å². The minimum absolute atomic E-state index is 0.0112. The Kier molecular flexibility index (Phi) is 8.16. The van der Waals surface area contributed by atoms with Crippen LogP contribution in [0.3, 0.4) is 0 Å². The predicted octanol–water partition coefficient (Wildman–Crippen LogP) is 5.43. The Morgan fingerprint density at radius 1 is 1.26 bits per heavy atom. The van der Waals surface area contributed by atoms with Crippen LogP contribution in [-0.2, 0) is 9.53 Å². The minimum atomic E-state index is -0.515. The van der Waals surface area contributed by atoms with Crippen LogP contribution >= 0.6 is 27.5 Å². The van der Waals surface area contributed by atoms with Crippen molar-refractivity contribution < 1.29 is 18.7 Å². The lowest BCUT2D eigenvalue weighted by molar-refractivity contribution is -0.111. The third kappa shape index (κ3) is 6.13. The zero-order valence-electron chi connectivity index (χ0n) is 16.5. The first-order valence-corrected chi connectivity index (χ1v) is 10.6. The fraction of sp³-hybridized carbons (Fsp3) is 0.190. The molecule has 2 aromatic carbocycles. The molecule has 0 radical (unpaired) electrons. The summed E-state index contributed by atoms with van der Waals surface area (Å²) >= 11 is 8.95. The molecule has 0 fully saturated rings. The molecule has 0 aliphatic rings. The molecule has 3 aromatic rings. The highest BCUT2D eigenvalue weighted by atomic mass is 79.9. The third-order valence-corrected chi connectivity index (χ3v) is 4.63. The van der Waals surface area contributed by atoms with Gasteiger partial charge in [0.1, 0.15) is 30.3 Å². The van der Waals surface area contributed by atoms with Crippen LogP contribution in [-0.4, -0.2) is 35.7 Å². The summed E-state index contributed by atoms with van der Waals surface area (Å²) in [5, 5.41) is 6.49. The van der Waals surface area contributed by atoms with Crippen molar-refractivity contribution in [3.63, 3.8) is 0 Å². The van der Waals surface area contributed by atoms with E-state index in [2.05, 4.69) is 36.5 Å². The van der Waals surface area contributed by atoms with E-state index in [-0.39, 0.29) is 10.9 Å². The molecule has 0 atom stereocenters. The van der Waals surface area contributed by atoms with Crippen molar-refractivity contribution in [2.45, 2.75) is 6.92 Å². The molecule has 1 amide bonds. The van der Waals surface area contributed by atoms with E-state index in [0.717, 1.165) is 0 Å². The van der Waals surface area contributed by atoms with Crippen LogP contribution < -0.4 is 15.4 Å². The maximum Gasteiger partial charge on any atom is 0.248 e. The molecule has 0 saturated heterocycles. The average Bonchev–Trinajstić information content (AvgIpc) is 2.74. The quantitative estimate of drug-likeness (QED) is 0.296. The Morgan fingerprint density at radius 2 is 2.10 bits per heavy atom. The van der Waals surface area contributed by atoms with Crippen LogP contribution in [0.15, 0.2) is 47.7 Å². The highest BCUT2D eigenvalue weighted by molar-refractivity contribution is 9.11. The van der Waals surface area contributed by atoms with Gasteiger partial charge in [-0.1, -0.05) is 27.5 Å². The van der Waals surface area contributed by atoms with Gasteiger partial charge in [-0.15, -0.1) is 0 Å². The monoisotopic (exact) mass is 508 g/mol. The Bertz CT molecular complexity index is 1110. The number of nitrogens with zero attached hydrogens (tertiary/aromatic N) is 2. The summed E-state index contributed by atoms with van der Waals surface area (Å²) < 4.78 is 24.6. The number of ether oxygens (including phenoxy) is 2. The zero-order valence-corrected chi connectivity index (χ0v) is 18.8. The molecule has 1 heterocycles. The number of nitrogens with one attached hydrogen (secondary N) is 2. The molecule has 1 aromatic heterocycles. The fourth-order valence-corrected chi connectivity index (χ4v) is 3.12. The largest absolute Gasteiger partial charge is 0.489 e. The smallest absolute Gasteiger partial charge is 0.248 e. The molecule has 31 heavy (non-hydrogen) atoms. The zero-order chi connectivity index (χ0) is 22.2. The molecule has 3 rings (SSSR count). The third-order valence-electron chi connectivity index (χ3n) is 4.08. The maximum atomic E-state index is 13.5. The van der Waals surface area contributed by atoms with E-state index in [1.54, 1.807) is 18.2 Å². The number of aromatic nitrogens is 2. The van der Waals surface area contributed by atoms with Gasteiger partial charge < -0.3 is 20.1 Å². The Morgan fingerprint density at radius 3 is 2.84 bits per heavy atom. The Hall–Kier alpha value is -2.75. The first-order valence-electron chi connectivity index (χ1n) is 9.31. The van der Waals surface area contributed by atoms with Gasteiger partial charge in [0, 0.05) is 29.8 Å². The van der Waals surface area contributed by atoms with Gasteiger partial charge in [-0.2, -0.15) is 0 Å². The van der Waals surface area contributed by atoms with Gasteiger partial charge in [0.05, 0.1) is 22.8 Å². The molecule has 7 nitrogen and oxygen atoms in total. The lowest BCUT2D eigenvalue weighted by Gasteiger charge is -2.15. The van der Waals surface area contributed by atoms with Crippen molar-refractivity contribution in [2.75, 3.05) is 30.5 Å². The molecule has 0 spiro atoms. The van der Waals surface area contributed by atoms with E-state index >= 15 is 0 Å². The summed E-state index contributed by atoms with van der Waals surface area (Å²) in [7, 11) is 0. The van der Waals surface area contributed by atoms with Crippen molar-refractivity contribution in [3.8, 4) is 5.75 Å². The first kappa shape index (κ1) is 22.9. The molecule has 0 unspecified atom stereocenters. The van der Waals surface area contributed by atoms with Gasteiger partial charge in [-0.25, -0.2) is 14.4 Å². The number of anilines is 3. The van der Waals surface area contributed by atoms with Crippen molar-refractivity contribution in [1.82, 2.24) is 9.97 Å². The summed E-state index contributed by atoms with van der Waals surface area (Å²) in [6.07, 6.45) is 2.72. The molecule has 0 aliphatic heterocycles. The average molecular weight is 510 g/mol. The Labute approximate surface area is 191 Å². The van der Waals surface area contributed by atoms with Crippen LogP contribution in [0.2, 0.25) is 5.02 Å². The number of halogens is 3. The summed E-state index contributed by atoms with van der Waals surface area (Å²) in [5.74, 6) is 0.0408. The highest BCUT2D eigenvalue weighted by Gasteiger charge is 2.13. The van der Waals surface area contributed by atoms with Gasteiger partial charge in [0.25, 0.3) is 0 Å². The maximum absolute atomic E-state index is 13.5. The molecule has 0 saturated carbocycles. The predicted molar refractivity (Wildman–Crippen MR) is 123 cm³/mol. The normalized spacial score (nSPS) is 11.1. The highest BCUT2D eigenvalue weighted by Crippen LogP contribution is 2.34. The van der Waals surface area contributed by atoms with Crippen LogP contribution in [0.4, 0.5) is 21.6 Å². The number of amides is 1. The van der Waals surface area contributed by atoms with Crippen LogP contribution in [0.25, 0.3) is 10.9 Å². The van der Waals surface area contributed by atoms with Gasteiger partial charge >= 0.3 is 0 Å². The number of benzene rings is 2. The van der Waals surface area contributed by atoms with Crippen molar-refractivity contribution >= 4 is 61.5 Å². The van der Waals surface area contributed by atoms with Crippen molar-refractivity contribution in [1.29, 1.82) is 0 Å². The molecule has 10 heteroatoms.